The number of benzene rings is 2. The third kappa shape index (κ3) is 8.86. The molecule has 0 radical (unpaired) electrons. The summed E-state index contributed by atoms with van der Waals surface area (Å²) in [7, 11) is 1.28. The summed E-state index contributed by atoms with van der Waals surface area (Å²) < 4.78 is 22.5. The minimum Gasteiger partial charge on any atom is -0.453 e. The Hall–Kier alpha value is -5.21. The minimum absolute atomic E-state index is 0.0500. The van der Waals surface area contributed by atoms with Gasteiger partial charge in [0.1, 0.15) is 23.3 Å². The molecular formula is C41H51N7O7. The molecule has 2 aromatic carbocycles. The quantitative estimate of drug-likeness (QED) is 0.201. The van der Waals surface area contributed by atoms with Gasteiger partial charge in [-0.05, 0) is 82.1 Å². The van der Waals surface area contributed by atoms with Crippen LogP contribution in [0.2, 0.25) is 0 Å². The molecule has 2 aromatic heterocycles. The predicted octanol–water partition coefficient (Wildman–Crippen LogP) is 6.92. The van der Waals surface area contributed by atoms with Crippen LogP contribution in [0, 0.1) is 0 Å². The lowest BCUT2D eigenvalue weighted by Crippen LogP contribution is -2.50. The average Bonchev–Trinajstić information content (AvgIpc) is 4.01. The Bertz CT molecular complexity index is 1970. The Morgan fingerprint density at radius 1 is 0.836 bits per heavy atom. The second-order valence-corrected chi connectivity index (χ2v) is 15.3. The molecule has 3 amide bonds. The van der Waals surface area contributed by atoms with E-state index in [4.69, 9.17) is 28.9 Å². The fourth-order valence-corrected chi connectivity index (χ4v) is 7.55. The summed E-state index contributed by atoms with van der Waals surface area (Å²) in [4.78, 5) is 58.8. The van der Waals surface area contributed by atoms with E-state index in [1.165, 1.54) is 7.11 Å². The summed E-state index contributed by atoms with van der Waals surface area (Å²) in [6.07, 6.45) is 7.60. The molecule has 2 bridgehead atoms. The molecule has 0 aliphatic carbocycles. The number of alkyl carbamates (subject to hydrolysis) is 1. The van der Waals surface area contributed by atoms with Crippen molar-refractivity contribution < 1.29 is 33.3 Å². The van der Waals surface area contributed by atoms with Crippen LogP contribution in [0.4, 0.5) is 9.59 Å². The number of hydrogen-bond acceptors (Lipinski definition) is 9. The largest absolute Gasteiger partial charge is 0.453 e. The summed E-state index contributed by atoms with van der Waals surface area (Å²) in [6, 6.07) is 13.4. The Morgan fingerprint density at radius 3 is 2.25 bits per heavy atom. The number of ether oxygens (including phenoxy) is 4. The van der Waals surface area contributed by atoms with Crippen LogP contribution in [0.3, 0.4) is 0 Å². The normalized spacial score (nSPS) is 21.1. The summed E-state index contributed by atoms with van der Waals surface area (Å²) in [5, 5.41) is 2.66. The van der Waals surface area contributed by atoms with Gasteiger partial charge in [0.15, 0.2) is 0 Å². The zero-order valence-electron chi connectivity index (χ0n) is 32.1. The number of rotatable bonds is 4. The van der Waals surface area contributed by atoms with E-state index < -0.39 is 17.7 Å². The van der Waals surface area contributed by atoms with Gasteiger partial charge in [0.05, 0.1) is 43.8 Å². The zero-order valence-corrected chi connectivity index (χ0v) is 32.1. The van der Waals surface area contributed by atoms with Gasteiger partial charge in [-0.3, -0.25) is 9.69 Å². The number of aromatic amines is 2. The number of likely N-dealkylation sites (tertiary alicyclic amines) is 1. The van der Waals surface area contributed by atoms with E-state index in [1.54, 1.807) is 9.80 Å². The number of H-pyrrole nitrogens is 2. The summed E-state index contributed by atoms with van der Waals surface area (Å²) >= 11 is 0. The molecule has 14 nitrogen and oxygen atoms in total. The number of nitrogens with zero attached hydrogens (tertiary/aromatic N) is 4. The van der Waals surface area contributed by atoms with Gasteiger partial charge < -0.3 is 39.1 Å². The molecule has 4 aromatic rings. The Balaban J connectivity index is 1.10. The highest BCUT2D eigenvalue weighted by atomic mass is 16.6. The van der Waals surface area contributed by atoms with E-state index in [1.807, 2.05) is 33.2 Å². The van der Waals surface area contributed by atoms with Gasteiger partial charge >= 0.3 is 12.2 Å². The number of imidazole rings is 2. The molecular weight excluding hydrogens is 702 g/mol. The van der Waals surface area contributed by atoms with E-state index in [2.05, 4.69) is 57.7 Å². The highest BCUT2D eigenvalue weighted by Gasteiger charge is 2.37. The van der Waals surface area contributed by atoms with Gasteiger partial charge in [0.2, 0.25) is 5.91 Å². The van der Waals surface area contributed by atoms with E-state index in [0.29, 0.717) is 38.7 Å². The first-order valence-electron chi connectivity index (χ1n) is 19.2. The SMILES string of the molecule is COC(=O)N[C@H]1COCCCCOCc2cc(-c3ccc(-c4c[nH]c([C@@H]5CCCN5C(=O)OC(C)(C)C)n4)cc3)ccc2-c2c[nH]c(n2)[C@@H]2CCCN2C1=O. The van der Waals surface area contributed by atoms with Crippen molar-refractivity contribution in [1.29, 1.82) is 0 Å². The third-order valence-corrected chi connectivity index (χ3v) is 10.3. The predicted molar refractivity (Wildman–Crippen MR) is 205 cm³/mol. The Kier molecular flexibility index (Phi) is 11.5. The van der Waals surface area contributed by atoms with Crippen LogP contribution in [-0.2, 0) is 30.3 Å². The van der Waals surface area contributed by atoms with Crippen LogP contribution >= 0.6 is 0 Å². The first kappa shape index (κ1) is 38.1. The zero-order chi connectivity index (χ0) is 38.5. The average molecular weight is 754 g/mol. The van der Waals surface area contributed by atoms with Crippen molar-refractivity contribution in [1.82, 2.24) is 35.1 Å². The summed E-state index contributed by atoms with van der Waals surface area (Å²) in [6.45, 7) is 8.25. The molecule has 3 aliphatic heterocycles. The Labute approximate surface area is 321 Å². The number of carbonyl (C=O) groups excluding carboxylic acids is 3. The summed E-state index contributed by atoms with van der Waals surface area (Å²) in [5.41, 5.74) is 6.05. The van der Waals surface area contributed by atoms with Crippen LogP contribution in [0.15, 0.2) is 54.9 Å². The van der Waals surface area contributed by atoms with Crippen LogP contribution in [0.25, 0.3) is 33.6 Å². The highest BCUT2D eigenvalue weighted by molar-refractivity contribution is 5.86. The lowest BCUT2D eigenvalue weighted by atomic mass is 9.97. The molecule has 0 saturated carbocycles. The highest BCUT2D eigenvalue weighted by Crippen LogP contribution is 2.36. The number of amides is 3. The van der Waals surface area contributed by atoms with Crippen molar-refractivity contribution in [3.63, 3.8) is 0 Å². The van der Waals surface area contributed by atoms with Gasteiger partial charge in [0.25, 0.3) is 0 Å². The second-order valence-electron chi connectivity index (χ2n) is 15.3. The van der Waals surface area contributed by atoms with Crippen molar-refractivity contribution in [3.8, 4) is 33.6 Å². The van der Waals surface area contributed by atoms with Crippen molar-refractivity contribution in [2.24, 2.45) is 0 Å². The maximum absolute atomic E-state index is 13.7. The number of fused-ring (bicyclic) bond motifs is 6. The van der Waals surface area contributed by atoms with Crippen molar-refractivity contribution in [2.45, 2.75) is 89.6 Å². The third-order valence-electron chi connectivity index (χ3n) is 10.3. The number of nitrogens with one attached hydrogen (secondary N) is 3. The van der Waals surface area contributed by atoms with Crippen molar-refractivity contribution in [3.05, 3.63) is 72.1 Å². The molecule has 0 spiro atoms. The van der Waals surface area contributed by atoms with Gasteiger partial charge in [-0.2, -0.15) is 0 Å². The second kappa shape index (κ2) is 16.7. The topological polar surface area (TPSA) is 164 Å². The molecule has 3 aliphatic rings. The minimum atomic E-state index is -0.868. The van der Waals surface area contributed by atoms with Gasteiger partial charge in [-0.15, -0.1) is 0 Å². The number of carbonyl (C=O) groups is 3. The molecule has 7 rings (SSSR count). The van der Waals surface area contributed by atoms with Gasteiger partial charge in [0, 0.05) is 49.8 Å². The molecule has 292 valence electrons. The van der Waals surface area contributed by atoms with Crippen molar-refractivity contribution in [2.75, 3.05) is 40.0 Å². The van der Waals surface area contributed by atoms with Gasteiger partial charge in [-0.25, -0.2) is 19.6 Å². The smallest absolute Gasteiger partial charge is 0.410 e. The van der Waals surface area contributed by atoms with Crippen molar-refractivity contribution >= 4 is 18.1 Å². The first-order chi connectivity index (χ1) is 26.6. The maximum Gasteiger partial charge on any atom is 0.410 e. The molecule has 14 heteroatoms. The van der Waals surface area contributed by atoms with Crippen LogP contribution < -0.4 is 5.32 Å². The molecule has 0 unspecified atom stereocenters. The molecule has 3 atom stereocenters. The lowest BCUT2D eigenvalue weighted by Gasteiger charge is -2.28. The first-order valence-corrected chi connectivity index (χ1v) is 19.2. The van der Waals surface area contributed by atoms with Crippen LogP contribution in [0.1, 0.15) is 88.6 Å². The van der Waals surface area contributed by atoms with E-state index in [0.717, 1.165) is 83.6 Å². The molecule has 5 heterocycles. The number of methoxy groups -OCH3 is 1. The van der Waals surface area contributed by atoms with E-state index >= 15 is 0 Å². The number of aromatic nitrogens is 4. The van der Waals surface area contributed by atoms with Gasteiger partial charge in [-0.1, -0.05) is 36.4 Å². The van der Waals surface area contributed by atoms with Crippen LogP contribution in [0.5, 0.6) is 0 Å². The standard InChI is InChI=1S/C41H51N7O7/c1-41(2,3)55-40(51)48-18-8-10-35(48)37-42-22-31(44-37)27-13-11-26(12-14-27)28-15-16-30-29(21-28)24-53-19-5-6-20-54-25-33(46-39(50)52-4)38(49)47-17-7-9-34(47)36-43-23-32(30)45-36/h11-16,21-23,33-35H,5-10,17-20,24-25H2,1-4H3,(H,42,44)(H,43,45)(H,46,50)/t33-,34-,35-/m0/s1. The lowest BCUT2D eigenvalue weighted by molar-refractivity contribution is -0.136. The molecule has 2 fully saturated rings. The van der Waals surface area contributed by atoms with E-state index in [9.17, 15) is 14.4 Å². The fraction of sp³-hybridized carbons (Fsp3) is 0.488. The molecule has 3 N–H and O–H groups in total. The summed E-state index contributed by atoms with van der Waals surface area (Å²) in [5.74, 6) is 1.24. The van der Waals surface area contributed by atoms with E-state index in [-0.39, 0.29) is 30.7 Å². The Morgan fingerprint density at radius 2 is 1.49 bits per heavy atom. The maximum atomic E-state index is 13.7. The molecule has 55 heavy (non-hydrogen) atoms. The fourth-order valence-electron chi connectivity index (χ4n) is 7.55. The monoisotopic (exact) mass is 753 g/mol. The number of hydrogen-bond donors (Lipinski definition) is 3. The molecule has 2 saturated heterocycles. The van der Waals surface area contributed by atoms with Crippen LogP contribution in [-0.4, -0.2) is 99.5 Å².